The quantitative estimate of drug-likeness (QED) is 0.375. The van der Waals surface area contributed by atoms with Gasteiger partial charge in [0.1, 0.15) is 11.6 Å². The molecule has 1 aliphatic heterocycles. The van der Waals surface area contributed by atoms with Crippen molar-refractivity contribution >= 4 is 34.9 Å². The van der Waals surface area contributed by atoms with Crippen molar-refractivity contribution in [3.63, 3.8) is 0 Å². The third-order valence-corrected chi connectivity index (χ3v) is 7.85. The van der Waals surface area contributed by atoms with E-state index in [0.29, 0.717) is 29.8 Å². The van der Waals surface area contributed by atoms with Crippen LogP contribution in [0.2, 0.25) is 0 Å². The Labute approximate surface area is 218 Å². The molecule has 37 heavy (non-hydrogen) atoms. The maximum Gasteiger partial charge on any atom is 0.234 e. The van der Waals surface area contributed by atoms with E-state index in [-0.39, 0.29) is 17.4 Å². The minimum absolute atomic E-state index is 0.0159. The number of thioether (sulfide) groups is 1. The molecule has 0 bridgehead atoms. The van der Waals surface area contributed by atoms with Crippen molar-refractivity contribution in [1.29, 1.82) is 0 Å². The van der Waals surface area contributed by atoms with Gasteiger partial charge in [-0.25, -0.2) is 8.78 Å². The molecule has 0 radical (unpaired) electrons. The van der Waals surface area contributed by atoms with Gasteiger partial charge in [-0.1, -0.05) is 42.5 Å². The molecule has 188 valence electrons. The summed E-state index contributed by atoms with van der Waals surface area (Å²) in [4.78, 5) is 33.1. The molecule has 0 spiro atoms. The van der Waals surface area contributed by atoms with Crippen molar-refractivity contribution in [2.75, 3.05) is 11.6 Å². The SMILES string of the molecule is CSc1ccc([C@@H]2C3=C(C[C@@H](c4ccccc4)CC3=O)N=C(C)C2C(=O)Nc2ccc(F)cc2F)cc1. The van der Waals surface area contributed by atoms with Gasteiger partial charge in [0.05, 0.1) is 11.6 Å². The van der Waals surface area contributed by atoms with Gasteiger partial charge in [0.2, 0.25) is 5.91 Å². The van der Waals surface area contributed by atoms with Gasteiger partial charge in [0.25, 0.3) is 0 Å². The smallest absolute Gasteiger partial charge is 0.234 e. The number of ketones is 1. The molecule has 4 nitrogen and oxygen atoms in total. The van der Waals surface area contributed by atoms with Crippen LogP contribution >= 0.6 is 11.8 Å². The Bertz CT molecular complexity index is 1420. The summed E-state index contributed by atoms with van der Waals surface area (Å²) in [6, 6.07) is 20.7. The summed E-state index contributed by atoms with van der Waals surface area (Å²) in [5.41, 5.74) is 3.61. The first-order valence-corrected chi connectivity index (χ1v) is 13.3. The van der Waals surface area contributed by atoms with Crippen LogP contribution in [0.15, 0.2) is 94.0 Å². The molecule has 1 amide bonds. The fourth-order valence-corrected chi connectivity index (χ4v) is 5.74. The topological polar surface area (TPSA) is 58.5 Å². The maximum absolute atomic E-state index is 14.4. The molecule has 1 heterocycles. The summed E-state index contributed by atoms with van der Waals surface area (Å²) in [6.45, 7) is 1.77. The Hall–Kier alpha value is -3.58. The first-order chi connectivity index (χ1) is 17.9. The highest BCUT2D eigenvalue weighted by atomic mass is 32.2. The van der Waals surface area contributed by atoms with Gasteiger partial charge in [-0.05, 0) is 60.9 Å². The summed E-state index contributed by atoms with van der Waals surface area (Å²) in [5, 5.41) is 2.61. The first kappa shape index (κ1) is 25.1. The number of hydrogen-bond donors (Lipinski definition) is 1. The van der Waals surface area contributed by atoms with Crippen molar-refractivity contribution in [3.8, 4) is 0 Å². The van der Waals surface area contributed by atoms with Gasteiger partial charge in [0, 0.05) is 40.3 Å². The first-order valence-electron chi connectivity index (χ1n) is 12.1. The third kappa shape index (κ3) is 5.01. The number of aliphatic imine (C=N–C) groups is 1. The minimum atomic E-state index is -0.862. The Balaban J connectivity index is 1.56. The van der Waals surface area contributed by atoms with Gasteiger partial charge in [-0.2, -0.15) is 0 Å². The Morgan fingerprint density at radius 2 is 1.70 bits per heavy atom. The second-order valence-electron chi connectivity index (χ2n) is 9.39. The normalized spacial score (nSPS) is 21.4. The Morgan fingerprint density at radius 1 is 0.973 bits per heavy atom. The number of allylic oxidation sites excluding steroid dienone is 2. The number of halogens is 2. The number of nitrogens with one attached hydrogen (secondary N) is 1. The monoisotopic (exact) mass is 516 g/mol. The molecular formula is C30H26F2N2O2S. The number of Topliss-reactive ketones (excluding diaryl/α,β-unsaturated/α-hetero) is 1. The van der Waals surface area contributed by atoms with Crippen LogP contribution in [-0.4, -0.2) is 23.7 Å². The molecule has 3 aromatic rings. The van der Waals surface area contributed by atoms with Crippen LogP contribution in [0.25, 0.3) is 0 Å². The lowest BCUT2D eigenvalue weighted by Gasteiger charge is -2.37. The van der Waals surface area contributed by atoms with Crippen molar-refractivity contribution in [2.24, 2.45) is 10.9 Å². The average molecular weight is 517 g/mol. The number of amides is 1. The lowest BCUT2D eigenvalue weighted by molar-refractivity contribution is -0.119. The van der Waals surface area contributed by atoms with Crippen molar-refractivity contribution in [3.05, 3.63) is 107 Å². The lowest BCUT2D eigenvalue weighted by atomic mass is 9.69. The Morgan fingerprint density at radius 3 is 2.38 bits per heavy atom. The molecule has 0 fully saturated rings. The summed E-state index contributed by atoms with van der Waals surface area (Å²) in [5.74, 6) is -3.47. The van der Waals surface area contributed by atoms with Gasteiger partial charge in [-0.15, -0.1) is 11.8 Å². The number of carbonyl (C=O) groups excluding carboxylic acids is 2. The number of rotatable bonds is 5. The van der Waals surface area contributed by atoms with E-state index >= 15 is 0 Å². The van der Waals surface area contributed by atoms with E-state index in [0.717, 1.165) is 28.2 Å². The molecule has 3 aromatic carbocycles. The zero-order valence-corrected chi connectivity index (χ0v) is 21.3. The predicted octanol–water partition coefficient (Wildman–Crippen LogP) is 6.90. The van der Waals surface area contributed by atoms with Gasteiger partial charge in [0.15, 0.2) is 5.78 Å². The standard InChI is InChI=1S/C30H26F2N2O2S/c1-17-27(30(36)34-24-13-10-21(31)16-23(24)32)28(19-8-11-22(37-2)12-9-19)29-25(33-17)14-20(15-26(29)35)18-6-4-3-5-7-18/h3-13,16,20,27-28H,14-15H2,1-2H3,(H,34,36)/t20-,27?,28+/m1/s1. The van der Waals surface area contributed by atoms with Crippen LogP contribution < -0.4 is 5.32 Å². The van der Waals surface area contributed by atoms with E-state index in [4.69, 9.17) is 4.99 Å². The van der Waals surface area contributed by atoms with E-state index < -0.39 is 29.4 Å². The summed E-state index contributed by atoms with van der Waals surface area (Å²) in [6.07, 6.45) is 2.91. The van der Waals surface area contributed by atoms with Crippen molar-refractivity contribution in [2.45, 2.75) is 36.5 Å². The molecule has 2 aliphatic rings. The Kier molecular flexibility index (Phi) is 7.07. The fourth-order valence-electron chi connectivity index (χ4n) is 5.33. The van der Waals surface area contributed by atoms with E-state index in [9.17, 15) is 18.4 Å². The van der Waals surface area contributed by atoms with Gasteiger partial charge in [-0.3, -0.25) is 14.6 Å². The van der Waals surface area contributed by atoms with Crippen LogP contribution in [0.3, 0.4) is 0 Å². The summed E-state index contributed by atoms with van der Waals surface area (Å²) < 4.78 is 27.8. The molecule has 0 saturated carbocycles. The molecule has 1 aliphatic carbocycles. The molecule has 0 saturated heterocycles. The highest BCUT2D eigenvalue weighted by molar-refractivity contribution is 7.98. The number of anilines is 1. The second-order valence-corrected chi connectivity index (χ2v) is 10.3. The molecule has 0 aromatic heterocycles. The van der Waals surface area contributed by atoms with Crippen LogP contribution in [-0.2, 0) is 9.59 Å². The zero-order chi connectivity index (χ0) is 26.1. The fraction of sp³-hybridized carbons (Fsp3) is 0.233. The van der Waals surface area contributed by atoms with Gasteiger partial charge < -0.3 is 5.32 Å². The number of nitrogens with zero attached hydrogens (tertiary/aromatic N) is 1. The van der Waals surface area contributed by atoms with Crippen molar-refractivity contribution < 1.29 is 18.4 Å². The minimum Gasteiger partial charge on any atom is -0.323 e. The van der Waals surface area contributed by atoms with Crippen LogP contribution in [0.1, 0.15) is 42.7 Å². The molecular weight excluding hydrogens is 490 g/mol. The summed E-state index contributed by atoms with van der Waals surface area (Å²) in [7, 11) is 0. The van der Waals surface area contributed by atoms with Crippen LogP contribution in [0.4, 0.5) is 14.5 Å². The van der Waals surface area contributed by atoms with E-state index in [1.807, 2.05) is 60.9 Å². The van der Waals surface area contributed by atoms with E-state index in [1.165, 1.54) is 6.07 Å². The predicted molar refractivity (Wildman–Crippen MR) is 143 cm³/mol. The molecule has 1 N–H and O–H groups in total. The van der Waals surface area contributed by atoms with Gasteiger partial charge >= 0.3 is 0 Å². The summed E-state index contributed by atoms with van der Waals surface area (Å²) >= 11 is 1.60. The number of carbonyl (C=O) groups is 2. The highest BCUT2D eigenvalue weighted by Gasteiger charge is 2.44. The lowest BCUT2D eigenvalue weighted by Crippen LogP contribution is -2.39. The molecule has 1 unspecified atom stereocenters. The zero-order valence-electron chi connectivity index (χ0n) is 20.5. The average Bonchev–Trinajstić information content (AvgIpc) is 2.90. The largest absolute Gasteiger partial charge is 0.323 e. The molecule has 5 rings (SSSR count). The molecule has 7 heteroatoms. The van der Waals surface area contributed by atoms with Crippen LogP contribution in [0, 0.1) is 17.6 Å². The highest BCUT2D eigenvalue weighted by Crippen LogP contribution is 2.47. The maximum atomic E-state index is 14.4. The third-order valence-electron chi connectivity index (χ3n) is 7.11. The van der Waals surface area contributed by atoms with Crippen LogP contribution in [0.5, 0.6) is 0 Å². The second kappa shape index (κ2) is 10.4. The number of benzene rings is 3. The van der Waals surface area contributed by atoms with E-state index in [2.05, 4.69) is 5.32 Å². The number of hydrogen-bond acceptors (Lipinski definition) is 4. The van der Waals surface area contributed by atoms with E-state index in [1.54, 1.807) is 18.7 Å². The molecule has 3 atom stereocenters. The van der Waals surface area contributed by atoms with Crippen molar-refractivity contribution in [1.82, 2.24) is 0 Å².